The van der Waals surface area contributed by atoms with Crippen LogP contribution in [0.3, 0.4) is 0 Å². The molecule has 0 saturated heterocycles. The highest BCUT2D eigenvalue weighted by molar-refractivity contribution is 7.83. The Hall–Kier alpha value is -0.310. The SMILES string of the molecule is CCN(C(CS)C(=O)O)S(=O)(=O)O. The van der Waals surface area contributed by atoms with Gasteiger partial charge in [0.25, 0.3) is 0 Å². The second-order valence-electron chi connectivity index (χ2n) is 2.22. The van der Waals surface area contributed by atoms with Gasteiger partial charge in [0, 0.05) is 12.3 Å². The highest BCUT2D eigenvalue weighted by Gasteiger charge is 2.31. The molecule has 6 nitrogen and oxygen atoms in total. The molecule has 0 aliphatic rings. The fourth-order valence-corrected chi connectivity index (χ4v) is 2.11. The molecule has 0 rings (SSSR count). The first-order valence-electron chi connectivity index (χ1n) is 3.42. The van der Waals surface area contributed by atoms with E-state index in [-0.39, 0.29) is 12.3 Å². The lowest BCUT2D eigenvalue weighted by Crippen LogP contribution is -2.45. The van der Waals surface area contributed by atoms with Crippen LogP contribution in [0.2, 0.25) is 0 Å². The highest BCUT2D eigenvalue weighted by atomic mass is 32.2. The van der Waals surface area contributed by atoms with Crippen LogP contribution in [0.5, 0.6) is 0 Å². The topological polar surface area (TPSA) is 94.9 Å². The summed E-state index contributed by atoms with van der Waals surface area (Å²) in [6, 6.07) is -1.33. The van der Waals surface area contributed by atoms with Crippen molar-refractivity contribution in [3.05, 3.63) is 0 Å². The minimum Gasteiger partial charge on any atom is -0.480 e. The fourth-order valence-electron chi connectivity index (χ4n) is 0.837. The average molecular weight is 229 g/mol. The third kappa shape index (κ3) is 3.51. The van der Waals surface area contributed by atoms with E-state index in [1.807, 2.05) is 0 Å². The fraction of sp³-hybridized carbons (Fsp3) is 0.800. The molecule has 1 atom stereocenters. The minimum absolute atomic E-state index is 0.115. The lowest BCUT2D eigenvalue weighted by molar-refractivity contribution is -0.140. The Morgan fingerprint density at radius 2 is 2.08 bits per heavy atom. The lowest BCUT2D eigenvalue weighted by Gasteiger charge is -2.21. The zero-order valence-corrected chi connectivity index (χ0v) is 8.62. The molecule has 78 valence electrons. The van der Waals surface area contributed by atoms with Gasteiger partial charge in [-0.05, 0) is 0 Å². The molecule has 0 fully saturated rings. The molecule has 0 bridgehead atoms. The van der Waals surface area contributed by atoms with E-state index in [1.165, 1.54) is 6.92 Å². The molecular formula is C5H11NO5S2. The Morgan fingerprint density at radius 3 is 2.15 bits per heavy atom. The Morgan fingerprint density at radius 1 is 1.62 bits per heavy atom. The molecule has 0 saturated carbocycles. The van der Waals surface area contributed by atoms with Crippen molar-refractivity contribution in [2.75, 3.05) is 12.3 Å². The van der Waals surface area contributed by atoms with Gasteiger partial charge in [0.15, 0.2) is 0 Å². The minimum atomic E-state index is -4.47. The number of nitrogens with zero attached hydrogens (tertiary/aromatic N) is 1. The largest absolute Gasteiger partial charge is 0.480 e. The molecule has 2 N–H and O–H groups in total. The standard InChI is InChI=1S/C5H11NO5S2/c1-2-6(13(9,10)11)4(3-12)5(7)8/h4,12H,2-3H2,1H3,(H,7,8)(H,9,10,11). The van der Waals surface area contributed by atoms with Gasteiger partial charge in [-0.25, -0.2) is 0 Å². The van der Waals surface area contributed by atoms with Crippen molar-refractivity contribution in [2.24, 2.45) is 0 Å². The molecule has 0 aliphatic heterocycles. The van der Waals surface area contributed by atoms with E-state index >= 15 is 0 Å². The Kier molecular flexibility index (Phi) is 4.68. The molecule has 0 heterocycles. The molecule has 8 heteroatoms. The first-order chi connectivity index (χ1) is 5.84. The quantitative estimate of drug-likeness (QED) is 0.436. The Bertz CT molecular complexity index is 275. The second-order valence-corrected chi connectivity index (χ2v) is 3.95. The normalized spacial score (nSPS) is 14.5. The molecule has 13 heavy (non-hydrogen) atoms. The number of hydrogen-bond acceptors (Lipinski definition) is 4. The van der Waals surface area contributed by atoms with Crippen LogP contribution < -0.4 is 0 Å². The van der Waals surface area contributed by atoms with Gasteiger partial charge in [-0.15, -0.1) is 0 Å². The maximum atomic E-state index is 10.7. The van der Waals surface area contributed by atoms with Crippen molar-refractivity contribution in [1.82, 2.24) is 4.31 Å². The van der Waals surface area contributed by atoms with E-state index in [1.54, 1.807) is 0 Å². The smallest absolute Gasteiger partial charge is 0.336 e. The van der Waals surface area contributed by atoms with E-state index < -0.39 is 22.3 Å². The average Bonchev–Trinajstić information content (AvgIpc) is 1.96. The molecule has 0 aliphatic carbocycles. The van der Waals surface area contributed by atoms with Gasteiger partial charge in [0.1, 0.15) is 6.04 Å². The van der Waals surface area contributed by atoms with Crippen LogP contribution in [-0.2, 0) is 15.1 Å². The summed E-state index contributed by atoms with van der Waals surface area (Å²) < 4.78 is 30.4. The number of rotatable bonds is 5. The van der Waals surface area contributed by atoms with Crippen LogP contribution >= 0.6 is 12.6 Å². The third-order valence-electron chi connectivity index (χ3n) is 1.41. The Balaban J connectivity index is 4.85. The van der Waals surface area contributed by atoms with Crippen LogP contribution in [0.1, 0.15) is 6.92 Å². The first-order valence-corrected chi connectivity index (χ1v) is 5.45. The zero-order valence-electron chi connectivity index (χ0n) is 6.91. The van der Waals surface area contributed by atoms with Gasteiger partial charge in [-0.2, -0.15) is 25.4 Å². The van der Waals surface area contributed by atoms with Crippen molar-refractivity contribution >= 4 is 28.9 Å². The molecule has 0 aromatic rings. The van der Waals surface area contributed by atoms with Crippen molar-refractivity contribution in [3.8, 4) is 0 Å². The zero-order chi connectivity index (χ0) is 10.6. The summed E-state index contributed by atoms with van der Waals surface area (Å²) in [5.41, 5.74) is 0. The van der Waals surface area contributed by atoms with Crippen molar-refractivity contribution in [3.63, 3.8) is 0 Å². The van der Waals surface area contributed by atoms with E-state index in [4.69, 9.17) is 9.66 Å². The summed E-state index contributed by atoms with van der Waals surface area (Å²) in [5.74, 6) is -1.53. The molecule has 0 radical (unpaired) electrons. The Labute approximate surface area is 81.8 Å². The lowest BCUT2D eigenvalue weighted by atomic mass is 10.3. The van der Waals surface area contributed by atoms with Gasteiger partial charge in [0.2, 0.25) is 0 Å². The van der Waals surface area contributed by atoms with Gasteiger partial charge < -0.3 is 5.11 Å². The molecule has 0 aromatic heterocycles. The van der Waals surface area contributed by atoms with Crippen LogP contribution in [-0.4, -0.2) is 46.7 Å². The number of carboxylic acid groups (broad SMARTS) is 1. The maximum absolute atomic E-state index is 10.7. The number of hydrogen-bond donors (Lipinski definition) is 3. The summed E-state index contributed by atoms with van der Waals surface area (Å²) in [6.07, 6.45) is 0. The number of carbonyl (C=O) groups is 1. The van der Waals surface area contributed by atoms with Crippen LogP contribution in [0.4, 0.5) is 0 Å². The predicted molar refractivity (Wildman–Crippen MR) is 49.2 cm³/mol. The number of aliphatic carboxylic acids is 1. The van der Waals surface area contributed by atoms with Crippen LogP contribution in [0.15, 0.2) is 0 Å². The number of likely N-dealkylation sites (N-methyl/N-ethyl adjacent to an activating group) is 1. The molecule has 1 unspecified atom stereocenters. The summed E-state index contributed by atoms with van der Waals surface area (Å²) in [7, 11) is -4.47. The van der Waals surface area contributed by atoms with Crippen LogP contribution in [0.25, 0.3) is 0 Å². The van der Waals surface area contributed by atoms with Crippen molar-refractivity contribution in [2.45, 2.75) is 13.0 Å². The van der Waals surface area contributed by atoms with Crippen molar-refractivity contribution < 1.29 is 22.9 Å². The highest BCUT2D eigenvalue weighted by Crippen LogP contribution is 2.06. The van der Waals surface area contributed by atoms with E-state index in [0.717, 1.165) is 0 Å². The van der Waals surface area contributed by atoms with E-state index in [0.29, 0.717) is 4.31 Å². The van der Waals surface area contributed by atoms with Gasteiger partial charge in [-0.1, -0.05) is 6.92 Å². The van der Waals surface area contributed by atoms with Gasteiger partial charge in [-0.3, -0.25) is 9.35 Å². The summed E-state index contributed by atoms with van der Waals surface area (Å²) >= 11 is 3.68. The first kappa shape index (κ1) is 12.7. The number of carboxylic acids is 1. The third-order valence-corrected chi connectivity index (χ3v) is 2.86. The number of thiol groups is 1. The van der Waals surface area contributed by atoms with Crippen molar-refractivity contribution in [1.29, 1.82) is 0 Å². The second kappa shape index (κ2) is 4.80. The molecule has 0 aromatic carbocycles. The monoisotopic (exact) mass is 229 g/mol. The maximum Gasteiger partial charge on any atom is 0.336 e. The van der Waals surface area contributed by atoms with E-state index in [9.17, 15) is 13.2 Å². The van der Waals surface area contributed by atoms with Gasteiger partial charge in [0.05, 0.1) is 0 Å². The molecule has 0 amide bonds. The van der Waals surface area contributed by atoms with Crippen LogP contribution in [0, 0.1) is 0 Å². The molecular weight excluding hydrogens is 218 g/mol. The summed E-state index contributed by atoms with van der Waals surface area (Å²) in [4.78, 5) is 10.5. The summed E-state index contributed by atoms with van der Waals surface area (Å²) in [6.45, 7) is 1.31. The summed E-state index contributed by atoms with van der Waals surface area (Å²) in [5, 5.41) is 8.57. The predicted octanol–water partition coefficient (Wildman–Crippen LogP) is -0.506. The van der Waals surface area contributed by atoms with E-state index in [2.05, 4.69) is 12.6 Å². The molecule has 0 spiro atoms. The van der Waals surface area contributed by atoms with Gasteiger partial charge >= 0.3 is 16.3 Å².